The lowest BCUT2D eigenvalue weighted by molar-refractivity contribution is 0.819. The van der Waals surface area contributed by atoms with Crippen LogP contribution in [0.15, 0.2) is 24.3 Å². The quantitative estimate of drug-likeness (QED) is 0.902. The predicted octanol–water partition coefficient (Wildman–Crippen LogP) is 4.00. The Morgan fingerprint density at radius 1 is 1.22 bits per heavy atom. The molecule has 1 aromatic carbocycles. The Morgan fingerprint density at radius 2 is 1.89 bits per heavy atom. The molecular formula is C15H20N2S. The Bertz CT molecular complexity index is 529. The Balaban J connectivity index is 2.33. The van der Waals surface area contributed by atoms with Gasteiger partial charge in [-0.25, -0.2) is 4.98 Å². The van der Waals surface area contributed by atoms with Crippen LogP contribution >= 0.6 is 11.3 Å². The monoisotopic (exact) mass is 260 g/mol. The highest BCUT2D eigenvalue weighted by molar-refractivity contribution is 7.15. The highest BCUT2D eigenvalue weighted by Crippen LogP contribution is 2.29. The fraction of sp³-hybridized carbons (Fsp3) is 0.400. The highest BCUT2D eigenvalue weighted by atomic mass is 32.1. The maximum atomic E-state index is 5.85. The zero-order valence-corrected chi connectivity index (χ0v) is 12.1. The van der Waals surface area contributed by atoms with Crippen LogP contribution < -0.4 is 5.73 Å². The van der Waals surface area contributed by atoms with Gasteiger partial charge in [0, 0.05) is 11.3 Å². The molecule has 2 aromatic rings. The van der Waals surface area contributed by atoms with Gasteiger partial charge in [-0.15, -0.1) is 11.3 Å². The lowest BCUT2D eigenvalue weighted by Gasteiger charge is -2.08. The summed E-state index contributed by atoms with van der Waals surface area (Å²) in [5.74, 6) is 0.433. The third kappa shape index (κ3) is 2.72. The molecule has 1 heterocycles. The van der Waals surface area contributed by atoms with Crippen LogP contribution in [0.2, 0.25) is 0 Å². The van der Waals surface area contributed by atoms with E-state index in [4.69, 9.17) is 5.73 Å². The summed E-state index contributed by atoms with van der Waals surface area (Å²) >= 11 is 1.62. The first-order valence-corrected chi connectivity index (χ1v) is 7.25. The molecule has 0 saturated carbocycles. The second kappa shape index (κ2) is 5.53. The van der Waals surface area contributed by atoms with Crippen LogP contribution in [-0.2, 0) is 12.8 Å². The topological polar surface area (TPSA) is 38.9 Å². The van der Waals surface area contributed by atoms with E-state index in [0.717, 1.165) is 18.5 Å². The van der Waals surface area contributed by atoms with Crippen molar-refractivity contribution in [1.29, 1.82) is 0 Å². The van der Waals surface area contributed by atoms with E-state index >= 15 is 0 Å². The fourth-order valence-corrected chi connectivity index (χ4v) is 3.22. The molecule has 0 radical (unpaired) electrons. The van der Waals surface area contributed by atoms with Gasteiger partial charge in [0.15, 0.2) is 5.13 Å². The predicted molar refractivity (Wildman–Crippen MR) is 79.2 cm³/mol. The zero-order chi connectivity index (χ0) is 13.1. The standard InChI is InChI=1S/C15H20N2S/c1-4-11-7-5-6-8-12(11)9-13-14(10(2)3)17-15(16)18-13/h5-8,10H,4,9H2,1-3H3,(H2,16,17). The van der Waals surface area contributed by atoms with Crippen molar-refractivity contribution in [1.82, 2.24) is 4.98 Å². The van der Waals surface area contributed by atoms with Crippen molar-refractivity contribution in [2.24, 2.45) is 0 Å². The second-order valence-electron chi connectivity index (χ2n) is 4.81. The minimum Gasteiger partial charge on any atom is -0.375 e. The first-order valence-electron chi connectivity index (χ1n) is 6.43. The van der Waals surface area contributed by atoms with Gasteiger partial charge < -0.3 is 5.73 Å². The number of aromatic nitrogens is 1. The van der Waals surface area contributed by atoms with E-state index in [1.807, 2.05) is 0 Å². The van der Waals surface area contributed by atoms with Gasteiger partial charge in [0.05, 0.1) is 5.69 Å². The van der Waals surface area contributed by atoms with E-state index in [9.17, 15) is 0 Å². The van der Waals surface area contributed by atoms with Crippen LogP contribution in [0.3, 0.4) is 0 Å². The first-order chi connectivity index (χ1) is 8.61. The maximum absolute atomic E-state index is 5.85. The van der Waals surface area contributed by atoms with Crippen molar-refractivity contribution in [2.45, 2.75) is 39.5 Å². The van der Waals surface area contributed by atoms with Gasteiger partial charge in [0.25, 0.3) is 0 Å². The molecule has 18 heavy (non-hydrogen) atoms. The van der Waals surface area contributed by atoms with E-state index in [-0.39, 0.29) is 0 Å². The first kappa shape index (κ1) is 13.1. The molecule has 0 unspecified atom stereocenters. The molecule has 0 aliphatic carbocycles. The molecule has 96 valence electrons. The van der Waals surface area contributed by atoms with E-state index in [2.05, 4.69) is 50.0 Å². The lowest BCUT2D eigenvalue weighted by atomic mass is 9.99. The number of aryl methyl sites for hydroxylation is 1. The zero-order valence-electron chi connectivity index (χ0n) is 11.2. The van der Waals surface area contributed by atoms with Crippen LogP contribution in [0.5, 0.6) is 0 Å². The molecule has 0 saturated heterocycles. The third-order valence-electron chi connectivity index (χ3n) is 3.14. The molecule has 0 fully saturated rings. The smallest absolute Gasteiger partial charge is 0.180 e. The molecule has 3 heteroatoms. The molecule has 2 nitrogen and oxygen atoms in total. The van der Waals surface area contributed by atoms with E-state index in [1.165, 1.54) is 16.0 Å². The lowest BCUT2D eigenvalue weighted by Crippen LogP contribution is -1.98. The number of thiazole rings is 1. The highest BCUT2D eigenvalue weighted by Gasteiger charge is 2.14. The second-order valence-corrected chi connectivity index (χ2v) is 5.93. The third-order valence-corrected chi connectivity index (χ3v) is 4.04. The van der Waals surface area contributed by atoms with Crippen molar-refractivity contribution in [3.8, 4) is 0 Å². The van der Waals surface area contributed by atoms with E-state index < -0.39 is 0 Å². The molecular weight excluding hydrogens is 240 g/mol. The van der Waals surface area contributed by atoms with Crippen molar-refractivity contribution in [3.05, 3.63) is 46.0 Å². The van der Waals surface area contributed by atoms with Gasteiger partial charge in [0.1, 0.15) is 0 Å². The van der Waals surface area contributed by atoms with Gasteiger partial charge >= 0.3 is 0 Å². The number of rotatable bonds is 4. The molecule has 0 bridgehead atoms. The van der Waals surface area contributed by atoms with Gasteiger partial charge in [-0.05, 0) is 23.5 Å². The molecule has 0 aliphatic heterocycles. The number of nitrogens with two attached hydrogens (primary N) is 1. The largest absolute Gasteiger partial charge is 0.375 e. The van der Waals surface area contributed by atoms with E-state index in [0.29, 0.717) is 11.0 Å². The van der Waals surface area contributed by atoms with Crippen molar-refractivity contribution in [2.75, 3.05) is 5.73 Å². The number of nitrogens with zero attached hydrogens (tertiary/aromatic N) is 1. The number of hydrogen-bond acceptors (Lipinski definition) is 3. The Labute approximate surface area is 113 Å². The fourth-order valence-electron chi connectivity index (χ4n) is 2.21. The summed E-state index contributed by atoms with van der Waals surface area (Å²) in [4.78, 5) is 5.77. The van der Waals surface area contributed by atoms with Crippen molar-refractivity contribution < 1.29 is 0 Å². The number of benzene rings is 1. The average molecular weight is 260 g/mol. The normalized spacial score (nSPS) is 11.1. The summed E-state index contributed by atoms with van der Waals surface area (Å²) in [6.45, 7) is 6.54. The molecule has 2 rings (SSSR count). The Hall–Kier alpha value is -1.35. The minimum atomic E-state index is 0.433. The molecule has 2 N–H and O–H groups in total. The summed E-state index contributed by atoms with van der Waals surface area (Å²) in [6, 6.07) is 8.62. The van der Waals surface area contributed by atoms with Crippen molar-refractivity contribution in [3.63, 3.8) is 0 Å². The van der Waals surface area contributed by atoms with Gasteiger partial charge in [-0.1, -0.05) is 45.0 Å². The Morgan fingerprint density at radius 3 is 2.50 bits per heavy atom. The van der Waals surface area contributed by atoms with Crippen LogP contribution in [0, 0.1) is 0 Å². The van der Waals surface area contributed by atoms with Crippen LogP contribution in [0.4, 0.5) is 5.13 Å². The molecule has 0 spiro atoms. The van der Waals surface area contributed by atoms with Crippen LogP contribution in [0.1, 0.15) is 48.4 Å². The molecule has 1 aromatic heterocycles. The molecule has 0 aliphatic rings. The molecule has 0 atom stereocenters. The van der Waals surface area contributed by atoms with E-state index in [1.54, 1.807) is 11.3 Å². The number of nitrogen functional groups attached to an aromatic ring is 1. The summed E-state index contributed by atoms with van der Waals surface area (Å²) in [7, 11) is 0. The van der Waals surface area contributed by atoms with Crippen LogP contribution in [-0.4, -0.2) is 4.98 Å². The minimum absolute atomic E-state index is 0.433. The van der Waals surface area contributed by atoms with Crippen LogP contribution in [0.25, 0.3) is 0 Å². The number of hydrogen-bond donors (Lipinski definition) is 1. The summed E-state index contributed by atoms with van der Waals surface area (Å²) in [5, 5.41) is 0.683. The molecule has 0 amide bonds. The number of anilines is 1. The Kier molecular flexibility index (Phi) is 4.02. The SMILES string of the molecule is CCc1ccccc1Cc1sc(N)nc1C(C)C. The van der Waals surface area contributed by atoms with Gasteiger partial charge in [-0.3, -0.25) is 0 Å². The maximum Gasteiger partial charge on any atom is 0.180 e. The van der Waals surface area contributed by atoms with Crippen molar-refractivity contribution >= 4 is 16.5 Å². The average Bonchev–Trinajstić information content (AvgIpc) is 2.71. The summed E-state index contributed by atoms with van der Waals surface area (Å²) < 4.78 is 0. The summed E-state index contributed by atoms with van der Waals surface area (Å²) in [6.07, 6.45) is 2.02. The summed E-state index contributed by atoms with van der Waals surface area (Å²) in [5.41, 5.74) is 9.81. The van der Waals surface area contributed by atoms with Gasteiger partial charge in [-0.2, -0.15) is 0 Å². The van der Waals surface area contributed by atoms with Gasteiger partial charge in [0.2, 0.25) is 0 Å².